The highest BCUT2D eigenvalue weighted by Gasteiger charge is 2.26. The average Bonchev–Trinajstić information content (AvgIpc) is 3.14. The third-order valence-corrected chi connectivity index (χ3v) is 6.27. The van der Waals surface area contributed by atoms with Gasteiger partial charge in [0.05, 0.1) is 23.6 Å². The number of aromatic nitrogens is 2. The van der Waals surface area contributed by atoms with Crippen molar-refractivity contribution < 1.29 is 13.2 Å². The average molecular weight is 360 g/mol. The molecule has 132 valence electrons. The Labute approximate surface area is 146 Å². The zero-order valence-corrected chi connectivity index (χ0v) is 14.8. The lowest BCUT2D eigenvalue weighted by atomic mass is 10.0. The number of hydrogen-bond donors (Lipinski definition) is 2. The molecule has 0 saturated carbocycles. The molecule has 2 heterocycles. The summed E-state index contributed by atoms with van der Waals surface area (Å²) in [6, 6.07) is 4.79. The summed E-state index contributed by atoms with van der Waals surface area (Å²) in [5.41, 5.74) is 3.69. The van der Waals surface area contributed by atoms with Gasteiger partial charge in [-0.25, -0.2) is 18.1 Å². The van der Waals surface area contributed by atoms with Crippen molar-refractivity contribution in [2.45, 2.75) is 43.5 Å². The number of likely N-dealkylation sites (N-methyl/N-ethyl adjacent to an activating group) is 1. The lowest BCUT2D eigenvalue weighted by Gasteiger charge is -2.11. The number of imidazole rings is 1. The van der Waals surface area contributed by atoms with E-state index in [1.807, 2.05) is 0 Å². The molecule has 0 atom stereocenters. The Morgan fingerprint density at radius 1 is 1.28 bits per heavy atom. The van der Waals surface area contributed by atoms with Crippen LogP contribution in [0.4, 0.5) is 5.69 Å². The van der Waals surface area contributed by atoms with Crippen LogP contribution in [0, 0.1) is 0 Å². The number of rotatable bonds is 4. The van der Waals surface area contributed by atoms with Crippen LogP contribution in [-0.2, 0) is 40.6 Å². The molecule has 0 bridgehead atoms. The van der Waals surface area contributed by atoms with Crippen molar-refractivity contribution in [1.29, 1.82) is 0 Å². The summed E-state index contributed by atoms with van der Waals surface area (Å²) in [5.74, 6) is 0.616. The second-order valence-corrected chi connectivity index (χ2v) is 8.33. The van der Waals surface area contributed by atoms with Gasteiger partial charge in [-0.15, -0.1) is 0 Å². The Kier molecular flexibility index (Phi) is 3.88. The number of benzene rings is 1. The predicted molar refractivity (Wildman–Crippen MR) is 92.8 cm³/mol. The lowest BCUT2D eigenvalue weighted by Crippen LogP contribution is -2.24. The van der Waals surface area contributed by atoms with E-state index >= 15 is 0 Å². The summed E-state index contributed by atoms with van der Waals surface area (Å²) in [4.78, 5) is 21.2. The van der Waals surface area contributed by atoms with Gasteiger partial charge in [0.25, 0.3) is 0 Å². The van der Waals surface area contributed by atoms with Gasteiger partial charge in [0, 0.05) is 18.4 Å². The van der Waals surface area contributed by atoms with Gasteiger partial charge in [-0.05, 0) is 49.4 Å². The molecule has 2 N–H and O–H groups in total. The van der Waals surface area contributed by atoms with E-state index in [1.54, 1.807) is 24.1 Å². The normalized spacial score (nSPS) is 16.8. The van der Waals surface area contributed by atoms with Crippen molar-refractivity contribution in [2.24, 2.45) is 0 Å². The number of nitrogens with one attached hydrogen (secondary N) is 2. The molecule has 1 aromatic heterocycles. The van der Waals surface area contributed by atoms with Crippen molar-refractivity contribution in [2.75, 3.05) is 11.9 Å². The van der Waals surface area contributed by atoms with Gasteiger partial charge >= 0.3 is 0 Å². The van der Waals surface area contributed by atoms with E-state index in [1.165, 1.54) is 6.07 Å². The standard InChI is InChI=1S/C17H20N4O3S/c1-21-15-7-6-12(8-11(15)9-17(21)22)25(23,24)18-10-16-19-13-4-2-3-5-14(13)20-16/h6-8,18H,2-5,9-10H2,1H3,(H,19,20). The number of carbonyl (C=O) groups is 1. The molecule has 4 rings (SSSR count). The molecular weight excluding hydrogens is 340 g/mol. The van der Waals surface area contributed by atoms with E-state index in [2.05, 4.69) is 14.7 Å². The van der Waals surface area contributed by atoms with Crippen molar-refractivity contribution in [3.8, 4) is 0 Å². The lowest BCUT2D eigenvalue weighted by molar-refractivity contribution is -0.117. The van der Waals surface area contributed by atoms with Crippen LogP contribution in [0.2, 0.25) is 0 Å². The molecule has 0 radical (unpaired) electrons. The molecule has 25 heavy (non-hydrogen) atoms. The Morgan fingerprint density at radius 3 is 2.88 bits per heavy atom. The highest BCUT2D eigenvalue weighted by Crippen LogP contribution is 2.29. The Morgan fingerprint density at radius 2 is 2.08 bits per heavy atom. The van der Waals surface area contributed by atoms with Crippen LogP contribution in [0.25, 0.3) is 0 Å². The predicted octanol–water partition coefficient (Wildman–Crippen LogP) is 1.29. The summed E-state index contributed by atoms with van der Waals surface area (Å²) in [5, 5.41) is 0. The number of H-pyrrole nitrogens is 1. The first kappa shape index (κ1) is 16.3. The summed E-state index contributed by atoms with van der Waals surface area (Å²) < 4.78 is 27.7. The smallest absolute Gasteiger partial charge is 0.240 e. The molecule has 1 aliphatic carbocycles. The van der Waals surface area contributed by atoms with Crippen molar-refractivity contribution in [1.82, 2.24) is 14.7 Å². The van der Waals surface area contributed by atoms with Crippen LogP contribution in [0.3, 0.4) is 0 Å². The van der Waals surface area contributed by atoms with E-state index < -0.39 is 10.0 Å². The third kappa shape index (κ3) is 2.96. The number of hydrogen-bond acceptors (Lipinski definition) is 4. The monoisotopic (exact) mass is 360 g/mol. The zero-order valence-electron chi connectivity index (χ0n) is 14.0. The van der Waals surface area contributed by atoms with Gasteiger partial charge < -0.3 is 9.88 Å². The number of aryl methyl sites for hydroxylation is 2. The first-order valence-electron chi connectivity index (χ1n) is 8.40. The fourth-order valence-electron chi connectivity index (χ4n) is 3.46. The summed E-state index contributed by atoms with van der Waals surface area (Å²) in [6.07, 6.45) is 4.43. The number of carbonyl (C=O) groups excluding carboxylic acids is 1. The molecule has 0 fully saturated rings. The quantitative estimate of drug-likeness (QED) is 0.859. The number of fused-ring (bicyclic) bond motifs is 2. The molecule has 1 amide bonds. The van der Waals surface area contributed by atoms with Gasteiger partial charge in [-0.3, -0.25) is 4.79 Å². The number of amides is 1. The van der Waals surface area contributed by atoms with Crippen LogP contribution in [0.15, 0.2) is 23.1 Å². The molecule has 1 aliphatic heterocycles. The van der Waals surface area contributed by atoms with Gasteiger partial charge in [0.1, 0.15) is 5.82 Å². The molecule has 0 spiro atoms. The van der Waals surface area contributed by atoms with Crippen LogP contribution >= 0.6 is 0 Å². The first-order valence-corrected chi connectivity index (χ1v) is 9.88. The fraction of sp³-hybridized carbons (Fsp3) is 0.412. The van der Waals surface area contributed by atoms with E-state index in [4.69, 9.17) is 0 Å². The van der Waals surface area contributed by atoms with Gasteiger partial charge in [-0.2, -0.15) is 0 Å². The highest BCUT2D eigenvalue weighted by atomic mass is 32.2. The number of nitrogens with zero attached hydrogens (tertiary/aromatic N) is 2. The molecule has 1 aromatic carbocycles. The zero-order chi connectivity index (χ0) is 17.6. The second kappa shape index (κ2) is 5.96. The van der Waals surface area contributed by atoms with Gasteiger partial charge in [0.15, 0.2) is 0 Å². The molecule has 0 saturated heterocycles. The first-order chi connectivity index (χ1) is 11.9. The van der Waals surface area contributed by atoms with Gasteiger partial charge in [-0.1, -0.05) is 0 Å². The number of anilines is 1. The minimum Gasteiger partial charge on any atom is -0.345 e. The fourth-order valence-corrected chi connectivity index (χ4v) is 4.49. The molecule has 7 nitrogen and oxygen atoms in total. The highest BCUT2D eigenvalue weighted by molar-refractivity contribution is 7.89. The van der Waals surface area contributed by atoms with E-state index in [-0.39, 0.29) is 23.8 Å². The number of sulfonamides is 1. The Balaban J connectivity index is 1.51. The molecule has 2 aliphatic rings. The SMILES string of the molecule is CN1C(=O)Cc2cc(S(=O)(=O)NCc3nc4c([nH]3)CCCC4)ccc21. The molecular formula is C17H20N4O3S. The van der Waals surface area contributed by atoms with Crippen LogP contribution in [-0.4, -0.2) is 31.3 Å². The van der Waals surface area contributed by atoms with Crippen LogP contribution < -0.4 is 9.62 Å². The third-order valence-electron chi connectivity index (χ3n) is 4.87. The minimum absolute atomic E-state index is 0.0290. The van der Waals surface area contributed by atoms with Crippen molar-refractivity contribution >= 4 is 21.6 Å². The van der Waals surface area contributed by atoms with Gasteiger partial charge in [0.2, 0.25) is 15.9 Å². The Hall–Kier alpha value is -2.19. The summed E-state index contributed by atoms with van der Waals surface area (Å²) >= 11 is 0. The maximum atomic E-state index is 12.6. The Bertz CT molecular complexity index is 925. The van der Waals surface area contributed by atoms with Crippen LogP contribution in [0.5, 0.6) is 0 Å². The van der Waals surface area contributed by atoms with E-state index in [0.717, 1.165) is 48.3 Å². The van der Waals surface area contributed by atoms with E-state index in [9.17, 15) is 13.2 Å². The molecule has 0 unspecified atom stereocenters. The molecule has 8 heteroatoms. The second-order valence-electron chi connectivity index (χ2n) is 6.56. The minimum atomic E-state index is -3.66. The van der Waals surface area contributed by atoms with Crippen molar-refractivity contribution in [3.63, 3.8) is 0 Å². The molecule has 2 aromatic rings. The topological polar surface area (TPSA) is 95.2 Å². The summed E-state index contributed by atoms with van der Waals surface area (Å²) in [6.45, 7) is 0.130. The number of aromatic amines is 1. The van der Waals surface area contributed by atoms with Crippen molar-refractivity contribution in [3.05, 3.63) is 41.0 Å². The summed E-state index contributed by atoms with van der Waals surface area (Å²) in [7, 11) is -1.96. The van der Waals surface area contributed by atoms with Crippen LogP contribution in [0.1, 0.15) is 35.6 Å². The van der Waals surface area contributed by atoms with E-state index in [0.29, 0.717) is 5.82 Å². The maximum absolute atomic E-state index is 12.6. The maximum Gasteiger partial charge on any atom is 0.240 e. The largest absolute Gasteiger partial charge is 0.345 e.